The molecule has 0 aliphatic carbocycles. The van der Waals surface area contributed by atoms with Crippen LogP contribution in [0.2, 0.25) is 0 Å². The maximum atomic E-state index is 12.6. The molecule has 1 amide bonds. The molecule has 148 valence electrons. The van der Waals surface area contributed by atoms with Crippen LogP contribution in [0.1, 0.15) is 30.5 Å². The first-order valence-electron chi connectivity index (χ1n) is 8.90. The summed E-state index contributed by atoms with van der Waals surface area (Å²) in [6.45, 7) is 2.12. The average Bonchev–Trinajstić information content (AvgIpc) is 2.97. The molecule has 0 spiro atoms. The van der Waals surface area contributed by atoms with E-state index in [4.69, 9.17) is 4.74 Å². The molecule has 3 rings (SSSR count). The average molecular weight is 401 g/mol. The Morgan fingerprint density at radius 2 is 1.86 bits per heavy atom. The number of hydrogen-bond donors (Lipinski definition) is 1. The van der Waals surface area contributed by atoms with Gasteiger partial charge in [-0.1, -0.05) is 30.3 Å². The smallest absolute Gasteiger partial charge is 0.263 e. The summed E-state index contributed by atoms with van der Waals surface area (Å²) in [6, 6.07) is 14.1. The van der Waals surface area contributed by atoms with Crippen molar-refractivity contribution in [2.75, 3.05) is 20.7 Å². The molecule has 1 aliphatic rings. The molecule has 7 nitrogen and oxygen atoms in total. The van der Waals surface area contributed by atoms with E-state index in [1.165, 1.54) is 6.07 Å². The van der Waals surface area contributed by atoms with Gasteiger partial charge < -0.3 is 9.64 Å². The van der Waals surface area contributed by atoms with Crippen molar-refractivity contribution in [3.05, 3.63) is 59.7 Å². The van der Waals surface area contributed by atoms with Crippen LogP contribution in [0.4, 0.5) is 0 Å². The molecule has 28 heavy (non-hydrogen) atoms. The molecule has 1 unspecified atom stereocenters. The minimum absolute atomic E-state index is 0.0862. The minimum Gasteiger partial charge on any atom is -0.496 e. The Hall–Kier alpha value is -2.87. The van der Waals surface area contributed by atoms with E-state index < -0.39 is 10.0 Å². The number of amidine groups is 1. The fourth-order valence-electron chi connectivity index (χ4n) is 3.13. The summed E-state index contributed by atoms with van der Waals surface area (Å²) < 4.78 is 32.0. The van der Waals surface area contributed by atoms with Crippen molar-refractivity contribution >= 4 is 21.8 Å². The SMILES string of the molecule is COc1ccccc1C(C)N(C)C(=O)CCN=C1NS(=O)(=O)c2ccccc21. The lowest BCUT2D eigenvalue weighted by atomic mass is 10.1. The summed E-state index contributed by atoms with van der Waals surface area (Å²) in [5, 5.41) is 0. The fraction of sp³-hybridized carbons (Fsp3) is 0.300. The number of aliphatic imine (C=N–C) groups is 1. The molecule has 1 atom stereocenters. The van der Waals surface area contributed by atoms with Gasteiger partial charge in [0.1, 0.15) is 11.6 Å². The van der Waals surface area contributed by atoms with Crippen molar-refractivity contribution < 1.29 is 17.9 Å². The van der Waals surface area contributed by atoms with Crippen molar-refractivity contribution in [2.45, 2.75) is 24.3 Å². The molecular weight excluding hydrogens is 378 g/mol. The Bertz CT molecular complexity index is 1020. The molecule has 0 saturated heterocycles. The van der Waals surface area contributed by atoms with Gasteiger partial charge in [0.2, 0.25) is 5.91 Å². The van der Waals surface area contributed by atoms with Crippen LogP contribution in [0, 0.1) is 0 Å². The quantitative estimate of drug-likeness (QED) is 0.805. The highest BCUT2D eigenvalue weighted by Gasteiger charge is 2.30. The van der Waals surface area contributed by atoms with E-state index in [2.05, 4.69) is 9.71 Å². The highest BCUT2D eigenvalue weighted by Crippen LogP contribution is 2.28. The molecule has 1 heterocycles. The second-order valence-electron chi connectivity index (χ2n) is 6.50. The predicted molar refractivity (Wildman–Crippen MR) is 107 cm³/mol. The van der Waals surface area contributed by atoms with Gasteiger partial charge in [-0.05, 0) is 25.1 Å². The van der Waals surface area contributed by atoms with Crippen molar-refractivity contribution in [1.29, 1.82) is 0 Å². The number of hydrogen-bond acceptors (Lipinski definition) is 5. The van der Waals surface area contributed by atoms with Crippen LogP contribution in [0.25, 0.3) is 0 Å². The summed E-state index contributed by atoms with van der Waals surface area (Å²) >= 11 is 0. The van der Waals surface area contributed by atoms with Gasteiger partial charge in [0.25, 0.3) is 10.0 Å². The number of benzene rings is 2. The number of para-hydroxylation sites is 1. The molecule has 1 N–H and O–H groups in total. The van der Waals surface area contributed by atoms with Gasteiger partial charge >= 0.3 is 0 Å². The van der Waals surface area contributed by atoms with Crippen LogP contribution in [0.15, 0.2) is 58.4 Å². The Morgan fingerprint density at radius 3 is 2.61 bits per heavy atom. The van der Waals surface area contributed by atoms with Crippen LogP contribution < -0.4 is 9.46 Å². The highest BCUT2D eigenvalue weighted by atomic mass is 32.2. The van der Waals surface area contributed by atoms with E-state index in [1.807, 2.05) is 31.2 Å². The first kappa shape index (κ1) is 19.9. The number of fused-ring (bicyclic) bond motifs is 1. The summed E-state index contributed by atoms with van der Waals surface area (Å²) in [6.07, 6.45) is 0.170. The predicted octanol–water partition coefficient (Wildman–Crippen LogP) is 2.34. The first-order chi connectivity index (χ1) is 13.3. The molecule has 0 bridgehead atoms. The lowest BCUT2D eigenvalue weighted by Crippen LogP contribution is -2.30. The van der Waals surface area contributed by atoms with Crippen LogP contribution in [0.5, 0.6) is 5.75 Å². The lowest BCUT2D eigenvalue weighted by Gasteiger charge is -2.26. The third kappa shape index (κ3) is 3.87. The minimum atomic E-state index is -3.57. The third-order valence-electron chi connectivity index (χ3n) is 4.82. The lowest BCUT2D eigenvalue weighted by molar-refractivity contribution is -0.131. The van der Waals surface area contributed by atoms with E-state index in [0.717, 1.165) is 11.3 Å². The zero-order valence-corrected chi connectivity index (χ0v) is 16.9. The molecule has 8 heteroatoms. The Labute approximate surface area is 165 Å². The number of rotatable bonds is 6. The van der Waals surface area contributed by atoms with Gasteiger partial charge in [0, 0.05) is 24.6 Å². The standard InChI is InChI=1S/C20H23N3O4S/c1-14(15-8-4-6-10-17(15)27-3)23(2)19(24)12-13-21-20-16-9-5-7-11-18(16)28(25,26)22-20/h4-11,14H,12-13H2,1-3H3,(H,21,22). The third-order valence-corrected chi connectivity index (χ3v) is 6.22. The summed E-state index contributed by atoms with van der Waals surface area (Å²) in [7, 11) is -0.232. The van der Waals surface area contributed by atoms with Gasteiger partial charge in [-0.3, -0.25) is 14.5 Å². The Kier molecular flexibility index (Phi) is 5.69. The first-order valence-corrected chi connectivity index (χ1v) is 10.4. The van der Waals surface area contributed by atoms with Crippen LogP contribution in [-0.2, 0) is 14.8 Å². The number of nitrogens with one attached hydrogen (secondary N) is 1. The van der Waals surface area contributed by atoms with Gasteiger partial charge in [-0.15, -0.1) is 0 Å². The van der Waals surface area contributed by atoms with Crippen molar-refractivity contribution in [2.24, 2.45) is 4.99 Å². The summed E-state index contributed by atoms with van der Waals surface area (Å²) in [5.74, 6) is 0.924. The van der Waals surface area contributed by atoms with Crippen LogP contribution in [-0.4, -0.2) is 45.8 Å². The molecule has 0 fully saturated rings. The van der Waals surface area contributed by atoms with E-state index in [0.29, 0.717) is 5.56 Å². The van der Waals surface area contributed by atoms with Crippen molar-refractivity contribution in [3.63, 3.8) is 0 Å². The summed E-state index contributed by atoms with van der Waals surface area (Å²) in [4.78, 5) is 18.7. The number of methoxy groups -OCH3 is 1. The number of carbonyl (C=O) groups is 1. The largest absolute Gasteiger partial charge is 0.496 e. The Balaban J connectivity index is 1.67. The van der Waals surface area contributed by atoms with E-state index in [1.54, 1.807) is 37.3 Å². The van der Waals surface area contributed by atoms with Crippen LogP contribution >= 0.6 is 0 Å². The second-order valence-corrected chi connectivity index (χ2v) is 8.16. The van der Waals surface area contributed by atoms with Crippen molar-refractivity contribution in [1.82, 2.24) is 9.62 Å². The van der Waals surface area contributed by atoms with Gasteiger partial charge in [0.15, 0.2) is 0 Å². The fourth-order valence-corrected chi connectivity index (χ4v) is 4.38. The monoisotopic (exact) mass is 401 g/mol. The molecule has 0 saturated carbocycles. The number of nitrogens with zero attached hydrogens (tertiary/aromatic N) is 2. The topological polar surface area (TPSA) is 88.1 Å². The molecule has 2 aromatic rings. The highest BCUT2D eigenvalue weighted by molar-refractivity contribution is 7.90. The van der Waals surface area contributed by atoms with Gasteiger partial charge in [0.05, 0.1) is 24.6 Å². The molecule has 0 aromatic heterocycles. The van der Waals surface area contributed by atoms with Crippen molar-refractivity contribution in [3.8, 4) is 5.75 Å². The molecule has 1 aliphatic heterocycles. The zero-order chi connectivity index (χ0) is 20.3. The molecular formula is C20H23N3O4S. The van der Waals surface area contributed by atoms with Gasteiger partial charge in [-0.2, -0.15) is 0 Å². The van der Waals surface area contributed by atoms with Gasteiger partial charge in [-0.25, -0.2) is 8.42 Å². The summed E-state index contributed by atoms with van der Waals surface area (Å²) in [5.41, 5.74) is 1.45. The maximum absolute atomic E-state index is 12.6. The van der Waals surface area contributed by atoms with E-state index in [-0.39, 0.29) is 35.6 Å². The molecule has 2 aromatic carbocycles. The van der Waals surface area contributed by atoms with E-state index in [9.17, 15) is 13.2 Å². The van der Waals surface area contributed by atoms with Crippen LogP contribution in [0.3, 0.4) is 0 Å². The normalized spacial score (nSPS) is 16.9. The van der Waals surface area contributed by atoms with E-state index >= 15 is 0 Å². The zero-order valence-electron chi connectivity index (χ0n) is 16.0. The second kappa shape index (κ2) is 8.02. The number of amides is 1. The number of ether oxygens (including phenoxy) is 1. The molecule has 0 radical (unpaired) electrons. The number of sulfonamides is 1. The number of carbonyl (C=O) groups excluding carboxylic acids is 1. The Morgan fingerprint density at radius 1 is 1.18 bits per heavy atom. The maximum Gasteiger partial charge on any atom is 0.263 e.